The van der Waals surface area contributed by atoms with E-state index in [1.807, 2.05) is 31.2 Å². The summed E-state index contributed by atoms with van der Waals surface area (Å²) in [6.45, 7) is 11.2. The molecule has 86 valence electrons. The lowest BCUT2D eigenvalue weighted by atomic mass is 10.1. The summed E-state index contributed by atoms with van der Waals surface area (Å²) >= 11 is 0. The Hall–Kier alpha value is -1.54. The largest absolute Gasteiger partial charge is 0.364 e. The highest BCUT2D eigenvalue weighted by atomic mass is 15.1. The predicted molar refractivity (Wildman–Crippen MR) is 71.7 cm³/mol. The van der Waals surface area contributed by atoms with Crippen LogP contribution in [0.1, 0.15) is 18.5 Å². The van der Waals surface area contributed by atoms with Gasteiger partial charge in [0.25, 0.3) is 0 Å². The summed E-state index contributed by atoms with van der Waals surface area (Å²) in [5, 5.41) is 0. The molecule has 2 N–H and O–H groups in total. The highest BCUT2D eigenvalue weighted by molar-refractivity contribution is 5.55. The molecule has 0 amide bonds. The highest BCUT2D eigenvalue weighted by Crippen LogP contribution is 2.24. The fourth-order valence-corrected chi connectivity index (χ4v) is 1.74. The van der Waals surface area contributed by atoms with Gasteiger partial charge in [-0.1, -0.05) is 30.4 Å². The van der Waals surface area contributed by atoms with Crippen molar-refractivity contribution in [3.05, 3.63) is 55.1 Å². The van der Waals surface area contributed by atoms with Crippen molar-refractivity contribution in [1.29, 1.82) is 0 Å². The molecule has 0 radical (unpaired) electrons. The summed E-state index contributed by atoms with van der Waals surface area (Å²) in [4.78, 5) is 2.21. The number of nitrogens with two attached hydrogens (primary N) is 1. The topological polar surface area (TPSA) is 29.3 Å². The fraction of sp³-hybridized carbons (Fsp3) is 0.286. The second-order valence-corrected chi connectivity index (χ2v) is 3.83. The first-order chi connectivity index (χ1) is 7.70. The van der Waals surface area contributed by atoms with Crippen LogP contribution in [0.2, 0.25) is 0 Å². The number of benzene rings is 1. The zero-order chi connectivity index (χ0) is 12.0. The van der Waals surface area contributed by atoms with Crippen LogP contribution in [-0.4, -0.2) is 13.1 Å². The summed E-state index contributed by atoms with van der Waals surface area (Å²) in [5.74, 6) is 0. The van der Waals surface area contributed by atoms with Gasteiger partial charge in [-0.2, -0.15) is 0 Å². The van der Waals surface area contributed by atoms with Gasteiger partial charge in [-0.3, -0.25) is 0 Å². The van der Waals surface area contributed by atoms with Gasteiger partial charge in [0, 0.05) is 24.8 Å². The number of nitrogens with zero attached hydrogens (tertiary/aromatic N) is 1. The van der Waals surface area contributed by atoms with Crippen molar-refractivity contribution >= 4 is 5.69 Å². The molecule has 1 aromatic carbocycles. The van der Waals surface area contributed by atoms with Crippen LogP contribution in [0.25, 0.3) is 0 Å². The maximum atomic E-state index is 5.97. The molecule has 0 unspecified atom stereocenters. The molecule has 1 atom stereocenters. The van der Waals surface area contributed by atoms with E-state index in [1.165, 1.54) is 0 Å². The number of hydrogen-bond acceptors (Lipinski definition) is 2. The second-order valence-electron chi connectivity index (χ2n) is 3.83. The van der Waals surface area contributed by atoms with Crippen molar-refractivity contribution < 1.29 is 0 Å². The lowest BCUT2D eigenvalue weighted by molar-refractivity contribution is 0.804. The van der Waals surface area contributed by atoms with Gasteiger partial charge in [0.05, 0.1) is 0 Å². The van der Waals surface area contributed by atoms with E-state index >= 15 is 0 Å². The van der Waals surface area contributed by atoms with Gasteiger partial charge in [0.2, 0.25) is 0 Å². The molecule has 1 aromatic rings. The van der Waals surface area contributed by atoms with E-state index in [2.05, 4.69) is 30.2 Å². The number of hydrogen-bond donors (Lipinski definition) is 1. The number of para-hydroxylation sites is 1. The van der Waals surface area contributed by atoms with E-state index in [4.69, 9.17) is 5.73 Å². The Morgan fingerprint density at radius 2 is 1.81 bits per heavy atom. The zero-order valence-electron chi connectivity index (χ0n) is 9.89. The van der Waals surface area contributed by atoms with Crippen LogP contribution in [-0.2, 0) is 0 Å². The third kappa shape index (κ3) is 2.97. The van der Waals surface area contributed by atoms with E-state index in [-0.39, 0.29) is 6.04 Å². The zero-order valence-corrected chi connectivity index (χ0v) is 9.89. The monoisotopic (exact) mass is 216 g/mol. The van der Waals surface area contributed by atoms with E-state index in [1.54, 1.807) is 0 Å². The van der Waals surface area contributed by atoms with Gasteiger partial charge in [-0.05, 0) is 18.6 Å². The molecule has 16 heavy (non-hydrogen) atoms. The second kappa shape index (κ2) is 6.13. The van der Waals surface area contributed by atoms with Crippen LogP contribution in [0.5, 0.6) is 0 Å². The van der Waals surface area contributed by atoms with Gasteiger partial charge in [0.15, 0.2) is 0 Å². The van der Waals surface area contributed by atoms with Gasteiger partial charge < -0.3 is 10.6 Å². The standard InChI is InChI=1S/C14H20N2/c1-4-10-16(11-5-2)14-9-7-6-8-13(14)12(3)15/h4-9,12H,1-2,10-11,15H2,3H3/t12-/m1/s1. The van der Waals surface area contributed by atoms with E-state index in [0.717, 1.165) is 24.3 Å². The molecule has 0 spiro atoms. The summed E-state index contributed by atoms with van der Waals surface area (Å²) in [7, 11) is 0. The average molecular weight is 216 g/mol. The van der Waals surface area contributed by atoms with Crippen molar-refractivity contribution in [3.63, 3.8) is 0 Å². The van der Waals surface area contributed by atoms with Crippen molar-refractivity contribution in [3.8, 4) is 0 Å². The average Bonchev–Trinajstić information content (AvgIpc) is 2.29. The van der Waals surface area contributed by atoms with Gasteiger partial charge in [0.1, 0.15) is 0 Å². The quantitative estimate of drug-likeness (QED) is 0.741. The van der Waals surface area contributed by atoms with Gasteiger partial charge >= 0.3 is 0 Å². The predicted octanol–water partition coefficient (Wildman–Crippen LogP) is 2.88. The first-order valence-electron chi connectivity index (χ1n) is 5.52. The van der Waals surface area contributed by atoms with Crippen molar-refractivity contribution in [2.24, 2.45) is 5.73 Å². The molecule has 0 saturated carbocycles. The summed E-state index contributed by atoms with van der Waals surface area (Å²) in [6.07, 6.45) is 3.78. The SMILES string of the molecule is C=CCN(CC=C)c1ccccc1[C@@H](C)N. The molecule has 0 aromatic heterocycles. The van der Waals surface area contributed by atoms with Crippen LogP contribution >= 0.6 is 0 Å². The fourth-order valence-electron chi connectivity index (χ4n) is 1.74. The van der Waals surface area contributed by atoms with Crippen molar-refractivity contribution in [2.75, 3.05) is 18.0 Å². The van der Waals surface area contributed by atoms with Gasteiger partial charge in [-0.25, -0.2) is 0 Å². The Labute approximate surface area is 98.1 Å². The first kappa shape index (κ1) is 12.5. The molecule has 1 rings (SSSR count). The lowest BCUT2D eigenvalue weighted by Crippen LogP contribution is -2.25. The molecule has 0 bridgehead atoms. The van der Waals surface area contributed by atoms with Crippen LogP contribution in [0.4, 0.5) is 5.69 Å². The third-order valence-electron chi connectivity index (χ3n) is 2.47. The third-order valence-corrected chi connectivity index (χ3v) is 2.47. The molecular formula is C14H20N2. The lowest BCUT2D eigenvalue weighted by Gasteiger charge is -2.25. The molecule has 0 aliphatic rings. The maximum Gasteiger partial charge on any atom is 0.0420 e. The molecule has 0 heterocycles. The molecule has 0 saturated heterocycles. The highest BCUT2D eigenvalue weighted by Gasteiger charge is 2.10. The molecular weight excluding hydrogens is 196 g/mol. The molecule has 0 aliphatic carbocycles. The molecule has 0 fully saturated rings. The van der Waals surface area contributed by atoms with E-state index in [9.17, 15) is 0 Å². The Kier molecular flexibility index (Phi) is 4.80. The minimum Gasteiger partial charge on any atom is -0.364 e. The Morgan fingerprint density at radius 3 is 2.31 bits per heavy atom. The smallest absolute Gasteiger partial charge is 0.0420 e. The van der Waals surface area contributed by atoms with Crippen molar-refractivity contribution in [2.45, 2.75) is 13.0 Å². The van der Waals surface area contributed by atoms with E-state index in [0.29, 0.717) is 0 Å². The Balaban J connectivity index is 3.06. The normalized spacial score (nSPS) is 11.9. The van der Waals surface area contributed by atoms with E-state index < -0.39 is 0 Å². The van der Waals surface area contributed by atoms with Crippen LogP contribution in [0.15, 0.2) is 49.6 Å². The number of rotatable bonds is 6. The molecule has 2 nitrogen and oxygen atoms in total. The minimum atomic E-state index is 0.0355. The summed E-state index contributed by atoms with van der Waals surface area (Å²) in [5.41, 5.74) is 8.29. The van der Waals surface area contributed by atoms with Crippen LogP contribution < -0.4 is 10.6 Å². The Morgan fingerprint density at radius 1 is 1.25 bits per heavy atom. The first-order valence-corrected chi connectivity index (χ1v) is 5.52. The molecule has 0 aliphatic heterocycles. The summed E-state index contributed by atoms with van der Waals surface area (Å²) in [6, 6.07) is 8.24. The maximum absolute atomic E-state index is 5.97. The van der Waals surface area contributed by atoms with Crippen LogP contribution in [0.3, 0.4) is 0 Å². The minimum absolute atomic E-state index is 0.0355. The van der Waals surface area contributed by atoms with Crippen molar-refractivity contribution in [1.82, 2.24) is 0 Å². The van der Waals surface area contributed by atoms with Gasteiger partial charge in [-0.15, -0.1) is 13.2 Å². The molecule has 2 heteroatoms. The summed E-state index contributed by atoms with van der Waals surface area (Å²) < 4.78 is 0. The Bertz CT molecular complexity index is 346. The van der Waals surface area contributed by atoms with Crippen LogP contribution in [0, 0.1) is 0 Å². The number of anilines is 1.